The Kier molecular flexibility index (Phi) is 4.17. The van der Waals surface area contributed by atoms with Gasteiger partial charge < -0.3 is 10.6 Å². The third-order valence-electron chi connectivity index (χ3n) is 5.91. The number of rotatable bonds is 1. The molecule has 1 fully saturated rings. The predicted molar refractivity (Wildman–Crippen MR) is 116 cm³/mol. The van der Waals surface area contributed by atoms with Crippen LogP contribution in [0.2, 0.25) is 0 Å². The highest BCUT2D eigenvalue weighted by Crippen LogP contribution is 2.39. The third-order valence-corrected chi connectivity index (χ3v) is 8.63. The van der Waals surface area contributed by atoms with Gasteiger partial charge in [-0.25, -0.2) is 12.8 Å². The van der Waals surface area contributed by atoms with Gasteiger partial charge in [0.25, 0.3) is 0 Å². The van der Waals surface area contributed by atoms with E-state index in [1.807, 2.05) is 37.3 Å². The van der Waals surface area contributed by atoms with Gasteiger partial charge >= 0.3 is 0 Å². The Hall–Kier alpha value is -2.67. The van der Waals surface area contributed by atoms with Crippen molar-refractivity contribution >= 4 is 39.2 Å². The number of aryl methyl sites for hydroxylation is 1. The molecule has 2 aliphatic heterocycles. The van der Waals surface area contributed by atoms with Crippen molar-refractivity contribution in [2.45, 2.75) is 38.0 Å². The summed E-state index contributed by atoms with van der Waals surface area (Å²) in [6.45, 7) is 6.62. The van der Waals surface area contributed by atoms with Crippen molar-refractivity contribution in [1.82, 2.24) is 5.32 Å². The molecule has 0 bridgehead atoms. The van der Waals surface area contributed by atoms with Crippen LogP contribution >= 0.6 is 0 Å². The highest BCUT2D eigenvalue weighted by Gasteiger charge is 2.51. The van der Waals surface area contributed by atoms with Crippen LogP contribution in [0.4, 0.5) is 15.8 Å². The second-order valence-electron chi connectivity index (χ2n) is 8.57. The number of hydrogen-bond acceptors (Lipinski definition) is 4. The topological polar surface area (TPSA) is 82.1 Å². The number of amidine groups is 1. The average Bonchev–Trinajstić information content (AvgIpc) is 2.77. The number of nitrogens with one attached hydrogen (secondary N) is 3. The Labute approximate surface area is 170 Å². The first kappa shape index (κ1) is 19.6. The van der Waals surface area contributed by atoms with E-state index in [1.54, 1.807) is 13.0 Å². The van der Waals surface area contributed by atoms with E-state index >= 15 is 4.39 Å². The zero-order chi connectivity index (χ0) is 21.2. The van der Waals surface area contributed by atoms with Crippen LogP contribution in [-0.2, 0) is 15.4 Å². The fraction of sp³-hybridized carbons (Fsp3) is 0.318. The van der Waals surface area contributed by atoms with E-state index in [4.69, 9.17) is 5.41 Å². The molecule has 0 spiro atoms. The van der Waals surface area contributed by atoms with Crippen LogP contribution < -0.4 is 10.6 Å². The molecule has 1 saturated heterocycles. The Morgan fingerprint density at radius 1 is 1.03 bits per heavy atom. The number of hydrogen-bond donors (Lipinski definition) is 3. The van der Waals surface area contributed by atoms with Crippen LogP contribution in [0.5, 0.6) is 0 Å². The molecule has 0 aliphatic carbocycles. The van der Waals surface area contributed by atoms with Gasteiger partial charge in [0, 0.05) is 22.5 Å². The zero-order valence-electron chi connectivity index (χ0n) is 16.9. The lowest BCUT2D eigenvalue weighted by Crippen LogP contribution is -2.64. The molecule has 0 saturated carbocycles. The lowest BCUT2D eigenvalue weighted by molar-refractivity contribution is 0.422. The third kappa shape index (κ3) is 3.04. The molecule has 0 aromatic heterocycles. The van der Waals surface area contributed by atoms with E-state index < -0.39 is 25.9 Å². The summed E-state index contributed by atoms with van der Waals surface area (Å²) in [6, 6.07) is 9.09. The van der Waals surface area contributed by atoms with Crippen molar-refractivity contribution < 1.29 is 12.8 Å². The van der Waals surface area contributed by atoms with Gasteiger partial charge in [-0.2, -0.15) is 0 Å². The fourth-order valence-electron chi connectivity index (χ4n) is 3.83. The van der Waals surface area contributed by atoms with Crippen LogP contribution in [0, 0.1) is 18.2 Å². The predicted octanol–water partition coefficient (Wildman–Crippen LogP) is 4.35. The van der Waals surface area contributed by atoms with Gasteiger partial charge in [0.1, 0.15) is 16.4 Å². The molecule has 3 N–H and O–H groups in total. The lowest BCUT2D eigenvalue weighted by Gasteiger charge is -2.43. The summed E-state index contributed by atoms with van der Waals surface area (Å²) in [6.07, 6.45) is 3.77. The van der Waals surface area contributed by atoms with Crippen molar-refractivity contribution in [3.63, 3.8) is 0 Å². The molecule has 2 aromatic rings. The molecule has 7 heteroatoms. The molecule has 2 aromatic carbocycles. The van der Waals surface area contributed by atoms with Gasteiger partial charge in [0.05, 0.1) is 11.3 Å². The van der Waals surface area contributed by atoms with Gasteiger partial charge in [-0.15, -0.1) is 0 Å². The summed E-state index contributed by atoms with van der Waals surface area (Å²) in [5.74, 6) is -0.930. The largest absolute Gasteiger partial charge is 0.362 e. The van der Waals surface area contributed by atoms with E-state index in [1.165, 1.54) is 19.9 Å². The summed E-state index contributed by atoms with van der Waals surface area (Å²) < 4.78 is 39.5. The van der Waals surface area contributed by atoms with Gasteiger partial charge in [-0.3, -0.25) is 5.41 Å². The SMILES string of the molecule is Cc1ccc2c(c1)Nc1cc([C@]3(C)CS(=O)(=O)C(C)(C)C(=N)N3)c(F)cc1C=C2. The minimum Gasteiger partial charge on any atom is -0.362 e. The van der Waals surface area contributed by atoms with Gasteiger partial charge in [-0.1, -0.05) is 24.3 Å². The van der Waals surface area contributed by atoms with Gasteiger partial charge in [-0.05, 0) is 57.0 Å². The molecular formula is C22H24FN3O2S. The molecule has 29 heavy (non-hydrogen) atoms. The number of halogens is 1. The van der Waals surface area contributed by atoms with Gasteiger partial charge in [0.2, 0.25) is 0 Å². The first-order valence-electron chi connectivity index (χ1n) is 9.42. The maximum absolute atomic E-state index is 15.1. The number of sulfone groups is 1. The van der Waals surface area contributed by atoms with E-state index in [0.717, 1.165) is 16.8 Å². The lowest BCUT2D eigenvalue weighted by atomic mass is 9.90. The molecule has 0 amide bonds. The first-order valence-corrected chi connectivity index (χ1v) is 11.1. The molecule has 2 heterocycles. The molecule has 2 aliphatic rings. The summed E-state index contributed by atoms with van der Waals surface area (Å²) in [5, 5.41) is 14.5. The molecule has 0 unspecified atom stereocenters. The number of fused-ring (bicyclic) bond motifs is 2. The van der Waals surface area contributed by atoms with Gasteiger partial charge in [0.15, 0.2) is 9.84 Å². The Morgan fingerprint density at radius 2 is 1.69 bits per heavy atom. The number of benzene rings is 2. The van der Waals surface area contributed by atoms with Crippen LogP contribution in [-0.4, -0.2) is 24.8 Å². The quantitative estimate of drug-likeness (QED) is 0.554. The standard InChI is InChI=1S/C22H24FN3O2S/c1-13-5-6-14-7-8-15-10-17(23)16(11-19(15)25-18(14)9-13)22(4)12-29(27,28)21(2,3)20(24)26-22/h5-11,25H,12H2,1-4H3,(H2,24,26)/t22-/m0/s1. The second-order valence-corrected chi connectivity index (χ2v) is 11.1. The summed E-state index contributed by atoms with van der Waals surface area (Å²) >= 11 is 0. The fourth-order valence-corrected chi connectivity index (χ4v) is 5.54. The highest BCUT2D eigenvalue weighted by atomic mass is 32.2. The van der Waals surface area contributed by atoms with Crippen molar-refractivity contribution in [3.05, 3.63) is 58.4 Å². The second kappa shape index (κ2) is 6.16. The van der Waals surface area contributed by atoms with E-state index in [0.29, 0.717) is 11.3 Å². The summed E-state index contributed by atoms with van der Waals surface area (Å²) in [4.78, 5) is 0. The molecule has 5 nitrogen and oxygen atoms in total. The molecule has 152 valence electrons. The summed E-state index contributed by atoms with van der Waals surface area (Å²) in [5.41, 5.74) is 3.34. The maximum Gasteiger partial charge on any atom is 0.165 e. The van der Waals surface area contributed by atoms with Crippen LogP contribution in [0.3, 0.4) is 0 Å². The highest BCUT2D eigenvalue weighted by molar-refractivity contribution is 7.93. The average molecular weight is 414 g/mol. The monoisotopic (exact) mass is 413 g/mol. The Bertz CT molecular complexity index is 1180. The first-order chi connectivity index (χ1) is 13.4. The summed E-state index contributed by atoms with van der Waals surface area (Å²) in [7, 11) is -3.65. The minimum atomic E-state index is -3.65. The van der Waals surface area contributed by atoms with E-state index in [2.05, 4.69) is 10.6 Å². The van der Waals surface area contributed by atoms with Crippen LogP contribution in [0.15, 0.2) is 30.3 Å². The molecule has 4 rings (SSSR count). The smallest absolute Gasteiger partial charge is 0.165 e. The maximum atomic E-state index is 15.1. The van der Waals surface area contributed by atoms with Crippen molar-refractivity contribution in [1.29, 1.82) is 5.41 Å². The molecular weight excluding hydrogens is 389 g/mol. The van der Waals surface area contributed by atoms with Crippen LogP contribution in [0.1, 0.15) is 43.0 Å². The molecule has 0 radical (unpaired) electrons. The Balaban J connectivity index is 1.83. The molecule has 1 atom stereocenters. The van der Waals surface area contributed by atoms with Crippen LogP contribution in [0.25, 0.3) is 12.2 Å². The van der Waals surface area contributed by atoms with Crippen molar-refractivity contribution in [3.8, 4) is 0 Å². The zero-order valence-corrected chi connectivity index (χ0v) is 17.7. The normalized spacial score (nSPS) is 24.0. The Morgan fingerprint density at radius 3 is 2.38 bits per heavy atom. The van der Waals surface area contributed by atoms with E-state index in [9.17, 15) is 8.42 Å². The number of anilines is 2. The van der Waals surface area contributed by atoms with E-state index in [-0.39, 0.29) is 17.2 Å². The van der Waals surface area contributed by atoms with Crippen molar-refractivity contribution in [2.75, 3.05) is 11.1 Å². The van der Waals surface area contributed by atoms with Crippen molar-refractivity contribution in [2.24, 2.45) is 0 Å². The minimum absolute atomic E-state index is 0.130.